The number of anilines is 1. The first-order valence-corrected chi connectivity index (χ1v) is 7.46. The Hall–Kier alpha value is -3.07. The van der Waals surface area contributed by atoms with Gasteiger partial charge in [0.05, 0.1) is 32.1 Å². The Kier molecular flexibility index (Phi) is 5.60. The van der Waals surface area contributed by atoms with Gasteiger partial charge in [-0.1, -0.05) is 12.1 Å². The molecule has 0 radical (unpaired) electrons. The highest BCUT2D eigenvalue weighted by atomic mass is 16.5. The van der Waals surface area contributed by atoms with Gasteiger partial charge in [0, 0.05) is 6.20 Å². The van der Waals surface area contributed by atoms with Crippen LogP contribution in [0.1, 0.15) is 12.5 Å². The molecule has 0 aliphatic carbocycles. The highest BCUT2D eigenvalue weighted by molar-refractivity contribution is 5.89. The van der Waals surface area contributed by atoms with Crippen LogP contribution in [0.5, 0.6) is 5.75 Å². The number of carboxylic acid groups (broad SMARTS) is 1. The van der Waals surface area contributed by atoms with Gasteiger partial charge in [0.25, 0.3) is 0 Å². The molecule has 134 valence electrons. The number of aliphatic hydroxyl groups is 1. The topological polar surface area (TPSA) is 126 Å². The van der Waals surface area contributed by atoms with Gasteiger partial charge in [-0.3, -0.25) is 4.68 Å². The van der Waals surface area contributed by atoms with Crippen LogP contribution in [0.4, 0.5) is 10.5 Å². The molecule has 2 aromatic rings. The van der Waals surface area contributed by atoms with Gasteiger partial charge < -0.3 is 25.6 Å². The van der Waals surface area contributed by atoms with Crippen LogP contribution < -0.4 is 15.4 Å². The van der Waals surface area contributed by atoms with Gasteiger partial charge in [-0.25, -0.2) is 9.59 Å². The van der Waals surface area contributed by atoms with Crippen molar-refractivity contribution in [3.8, 4) is 5.75 Å². The summed E-state index contributed by atoms with van der Waals surface area (Å²) in [4.78, 5) is 22.5. The zero-order chi connectivity index (χ0) is 18.4. The minimum atomic E-state index is -2.03. The van der Waals surface area contributed by atoms with Gasteiger partial charge in [-0.2, -0.15) is 5.10 Å². The normalized spacial score (nSPS) is 12.9. The molecular formula is C16H20N4O5. The third-order valence-corrected chi connectivity index (χ3v) is 3.45. The summed E-state index contributed by atoms with van der Waals surface area (Å²) in [6.45, 7) is 1.19. The number of hydrogen-bond donors (Lipinski definition) is 4. The van der Waals surface area contributed by atoms with Gasteiger partial charge in [-0.05, 0) is 24.6 Å². The summed E-state index contributed by atoms with van der Waals surface area (Å²) in [7, 11) is 1.60. The summed E-state index contributed by atoms with van der Waals surface area (Å²) >= 11 is 0. The number of rotatable bonds is 7. The first kappa shape index (κ1) is 18.3. The lowest BCUT2D eigenvalue weighted by molar-refractivity contribution is -0.155. The van der Waals surface area contributed by atoms with Crippen molar-refractivity contribution in [1.29, 1.82) is 0 Å². The zero-order valence-electron chi connectivity index (χ0n) is 13.9. The Morgan fingerprint density at radius 1 is 1.32 bits per heavy atom. The Balaban J connectivity index is 1.88. The number of nitrogens with one attached hydrogen (secondary N) is 2. The van der Waals surface area contributed by atoms with Crippen molar-refractivity contribution >= 4 is 17.7 Å². The van der Waals surface area contributed by atoms with Gasteiger partial charge in [0.1, 0.15) is 5.75 Å². The van der Waals surface area contributed by atoms with Crippen molar-refractivity contribution in [3.05, 3.63) is 42.2 Å². The molecule has 1 atom stereocenters. The molecule has 0 spiro atoms. The highest BCUT2D eigenvalue weighted by Gasteiger charge is 2.30. The molecule has 4 N–H and O–H groups in total. The molecule has 0 aliphatic heterocycles. The Bertz CT molecular complexity index is 739. The Labute approximate surface area is 144 Å². The first-order chi connectivity index (χ1) is 11.8. The van der Waals surface area contributed by atoms with E-state index in [0.717, 1.165) is 18.2 Å². The smallest absolute Gasteiger partial charge is 0.337 e. The second-order valence-corrected chi connectivity index (χ2v) is 5.66. The number of ether oxygens (including phenoxy) is 1. The van der Waals surface area contributed by atoms with E-state index < -0.39 is 24.1 Å². The maximum absolute atomic E-state index is 11.7. The Morgan fingerprint density at radius 2 is 2.00 bits per heavy atom. The van der Waals surface area contributed by atoms with Crippen LogP contribution >= 0.6 is 0 Å². The number of hydrogen-bond acceptors (Lipinski definition) is 5. The molecule has 0 saturated carbocycles. The lowest BCUT2D eigenvalue weighted by Gasteiger charge is -2.18. The minimum absolute atomic E-state index is 0.422. The van der Waals surface area contributed by atoms with Crippen molar-refractivity contribution in [2.75, 3.05) is 19.0 Å². The number of nitrogens with zero attached hydrogens (tertiary/aromatic N) is 2. The molecule has 0 bridgehead atoms. The highest BCUT2D eigenvalue weighted by Crippen LogP contribution is 2.13. The number of carbonyl (C=O) groups is 2. The van der Waals surface area contributed by atoms with E-state index in [1.54, 1.807) is 18.0 Å². The van der Waals surface area contributed by atoms with Crippen LogP contribution in [0.15, 0.2) is 36.7 Å². The van der Waals surface area contributed by atoms with Crippen LogP contribution in [0, 0.1) is 0 Å². The van der Waals surface area contributed by atoms with E-state index in [2.05, 4.69) is 15.7 Å². The van der Waals surface area contributed by atoms with E-state index in [9.17, 15) is 14.7 Å². The molecule has 1 heterocycles. The van der Waals surface area contributed by atoms with Crippen LogP contribution in [-0.2, 0) is 11.3 Å². The molecule has 1 unspecified atom stereocenters. The lowest BCUT2D eigenvalue weighted by atomic mass is 10.1. The standard InChI is InChI=1S/C16H20N4O5/c1-16(24,14(21)22)10-17-15(23)19-12-7-18-20(9-12)8-11-3-5-13(25-2)6-4-11/h3-7,9,24H,8,10H2,1-2H3,(H,21,22)(H2,17,19,23). The van der Waals surface area contributed by atoms with Gasteiger partial charge in [0.2, 0.25) is 0 Å². The average molecular weight is 348 g/mol. The molecule has 9 heteroatoms. The second-order valence-electron chi connectivity index (χ2n) is 5.66. The molecule has 25 heavy (non-hydrogen) atoms. The molecule has 9 nitrogen and oxygen atoms in total. The molecule has 1 aromatic carbocycles. The number of urea groups is 1. The van der Waals surface area contributed by atoms with Crippen LogP contribution in [0.25, 0.3) is 0 Å². The SMILES string of the molecule is COc1ccc(Cn2cc(NC(=O)NCC(C)(O)C(=O)O)cn2)cc1. The molecular weight excluding hydrogens is 328 g/mol. The van der Waals surface area contributed by atoms with E-state index in [1.807, 2.05) is 24.3 Å². The number of aliphatic carboxylic acids is 1. The monoisotopic (exact) mass is 348 g/mol. The van der Waals surface area contributed by atoms with Crippen molar-refractivity contribution < 1.29 is 24.5 Å². The maximum atomic E-state index is 11.7. The molecule has 0 saturated heterocycles. The Morgan fingerprint density at radius 3 is 2.60 bits per heavy atom. The molecule has 2 amide bonds. The third kappa shape index (κ3) is 5.21. The van der Waals surface area contributed by atoms with E-state index in [4.69, 9.17) is 9.84 Å². The predicted molar refractivity (Wildman–Crippen MR) is 89.6 cm³/mol. The average Bonchev–Trinajstić information content (AvgIpc) is 3.00. The molecule has 2 rings (SSSR count). The lowest BCUT2D eigenvalue weighted by Crippen LogP contribution is -2.47. The van der Waals surface area contributed by atoms with Gasteiger partial charge >= 0.3 is 12.0 Å². The fourth-order valence-electron chi connectivity index (χ4n) is 1.94. The van der Waals surface area contributed by atoms with Crippen LogP contribution in [-0.4, -0.2) is 51.2 Å². The molecule has 0 fully saturated rings. The van der Waals surface area contributed by atoms with Crippen molar-refractivity contribution in [2.45, 2.75) is 19.1 Å². The van der Waals surface area contributed by atoms with Crippen LogP contribution in [0.2, 0.25) is 0 Å². The molecule has 0 aliphatic rings. The summed E-state index contributed by atoms with van der Waals surface area (Å²) in [5, 5.41) is 27.3. The van der Waals surface area contributed by atoms with Crippen LogP contribution in [0.3, 0.4) is 0 Å². The fraction of sp³-hybridized carbons (Fsp3) is 0.312. The van der Waals surface area contributed by atoms with Gasteiger partial charge in [-0.15, -0.1) is 0 Å². The minimum Gasteiger partial charge on any atom is -0.497 e. The maximum Gasteiger partial charge on any atom is 0.337 e. The zero-order valence-corrected chi connectivity index (χ0v) is 13.9. The first-order valence-electron chi connectivity index (χ1n) is 7.46. The summed E-state index contributed by atoms with van der Waals surface area (Å²) in [6.07, 6.45) is 3.11. The summed E-state index contributed by atoms with van der Waals surface area (Å²) < 4.78 is 6.74. The number of carboxylic acids is 1. The van der Waals surface area contributed by atoms with Gasteiger partial charge in [0.15, 0.2) is 5.60 Å². The van der Waals surface area contributed by atoms with E-state index in [1.165, 1.54) is 6.20 Å². The molecule has 1 aromatic heterocycles. The second kappa shape index (κ2) is 7.67. The summed E-state index contributed by atoms with van der Waals surface area (Å²) in [5.41, 5.74) is -0.575. The number of amides is 2. The van der Waals surface area contributed by atoms with E-state index >= 15 is 0 Å². The number of aromatic nitrogens is 2. The summed E-state index contributed by atoms with van der Waals surface area (Å²) in [6, 6.07) is 6.88. The van der Waals surface area contributed by atoms with Crippen molar-refractivity contribution in [2.24, 2.45) is 0 Å². The largest absolute Gasteiger partial charge is 0.497 e. The van der Waals surface area contributed by atoms with E-state index in [-0.39, 0.29) is 0 Å². The van der Waals surface area contributed by atoms with Crippen molar-refractivity contribution in [3.63, 3.8) is 0 Å². The number of carbonyl (C=O) groups excluding carboxylic acids is 1. The quantitative estimate of drug-likeness (QED) is 0.589. The number of methoxy groups -OCH3 is 1. The van der Waals surface area contributed by atoms with E-state index in [0.29, 0.717) is 12.2 Å². The predicted octanol–water partition coefficient (Wildman–Crippen LogP) is 0.897. The fourth-order valence-corrected chi connectivity index (χ4v) is 1.94. The third-order valence-electron chi connectivity index (χ3n) is 3.45. The van der Waals surface area contributed by atoms with Crippen molar-refractivity contribution in [1.82, 2.24) is 15.1 Å². The summed E-state index contributed by atoms with van der Waals surface area (Å²) in [5.74, 6) is -0.652. The number of benzene rings is 1.